The second-order valence-corrected chi connectivity index (χ2v) is 9.20. The quantitative estimate of drug-likeness (QED) is 0.515. The van der Waals surface area contributed by atoms with Crippen molar-refractivity contribution in [3.63, 3.8) is 0 Å². The monoisotopic (exact) mass is 422 g/mol. The third kappa shape index (κ3) is 4.69. The first-order valence-corrected chi connectivity index (χ1v) is 11.3. The van der Waals surface area contributed by atoms with E-state index in [1.165, 1.54) is 6.42 Å². The molecule has 1 aliphatic carbocycles. The molecule has 3 heterocycles. The first-order chi connectivity index (χ1) is 14.9. The highest BCUT2D eigenvalue weighted by Crippen LogP contribution is 2.59. The lowest BCUT2D eigenvalue weighted by Gasteiger charge is -2.35. The number of aromatic nitrogens is 1. The predicted octanol–water partition coefficient (Wildman–Crippen LogP) is 3.96. The van der Waals surface area contributed by atoms with Gasteiger partial charge in [0.1, 0.15) is 11.5 Å². The van der Waals surface area contributed by atoms with E-state index in [9.17, 15) is 4.79 Å². The summed E-state index contributed by atoms with van der Waals surface area (Å²) < 4.78 is 5.84. The lowest BCUT2D eigenvalue weighted by atomic mass is 9.90. The number of furan rings is 1. The Morgan fingerprint density at radius 1 is 1.45 bits per heavy atom. The molecule has 166 valence electrons. The van der Waals surface area contributed by atoms with Crippen molar-refractivity contribution in [3.05, 3.63) is 54.2 Å². The van der Waals surface area contributed by atoms with Crippen LogP contribution in [0.5, 0.6) is 0 Å². The summed E-state index contributed by atoms with van der Waals surface area (Å²) >= 11 is 0. The third-order valence-electron chi connectivity index (χ3n) is 6.96. The normalized spacial score (nSPS) is 20.3. The zero-order valence-corrected chi connectivity index (χ0v) is 19.0. The second kappa shape index (κ2) is 8.87. The summed E-state index contributed by atoms with van der Waals surface area (Å²) in [5.74, 6) is 1.78. The molecule has 1 unspecified atom stereocenters. The number of rotatable bonds is 8. The lowest BCUT2D eigenvalue weighted by Crippen LogP contribution is -2.43. The maximum atomic E-state index is 13.1. The topological polar surface area (TPSA) is 61.6 Å². The number of likely N-dealkylation sites (N-methyl/N-ethyl adjacent to an activating group) is 1. The van der Waals surface area contributed by atoms with Crippen LogP contribution in [-0.2, 0) is 11.3 Å². The number of amides is 1. The maximum Gasteiger partial charge on any atom is 0.270 e. The Balaban J connectivity index is 1.26. The van der Waals surface area contributed by atoms with Crippen molar-refractivity contribution < 1.29 is 9.21 Å². The van der Waals surface area contributed by atoms with Crippen LogP contribution in [0.1, 0.15) is 38.9 Å². The average Bonchev–Trinajstić information content (AvgIpc) is 3.25. The smallest absolute Gasteiger partial charge is 0.270 e. The van der Waals surface area contributed by atoms with Crippen molar-refractivity contribution in [1.29, 1.82) is 0 Å². The molecule has 0 aromatic carbocycles. The van der Waals surface area contributed by atoms with Gasteiger partial charge in [0.25, 0.3) is 5.91 Å². The fourth-order valence-electron chi connectivity index (χ4n) is 4.79. The number of likely N-dealkylation sites (tertiary alicyclic amines) is 1. The molecular weight excluding hydrogens is 388 g/mol. The van der Waals surface area contributed by atoms with E-state index in [1.807, 2.05) is 35.9 Å². The average molecular weight is 423 g/mol. The molecule has 1 atom stereocenters. The van der Waals surface area contributed by atoms with E-state index in [2.05, 4.69) is 29.9 Å². The number of allylic oxidation sites excluding steroid dienone is 2. The third-order valence-corrected chi connectivity index (χ3v) is 6.96. The molecule has 4 rings (SSSR count). The highest BCUT2D eigenvalue weighted by atomic mass is 16.3. The highest BCUT2D eigenvalue weighted by molar-refractivity contribution is 5.93. The number of piperidine rings is 1. The number of nitrogens with one attached hydrogen (secondary N) is 1. The molecule has 2 aliphatic rings. The fraction of sp³-hybridized carbons (Fsp3) is 0.520. The highest BCUT2D eigenvalue weighted by Gasteiger charge is 2.54. The molecule has 1 spiro atoms. The Morgan fingerprint density at radius 2 is 2.23 bits per heavy atom. The summed E-state index contributed by atoms with van der Waals surface area (Å²) in [4.78, 5) is 21.2. The Bertz CT molecular complexity index is 951. The van der Waals surface area contributed by atoms with Gasteiger partial charge < -0.3 is 19.5 Å². The lowest BCUT2D eigenvalue weighted by molar-refractivity contribution is -0.130. The minimum atomic E-state index is 0.136. The SMILES string of the molecule is C=C(C)/C=C(/C(=O)N1CCC2(CC1)CC2CNCc1cc2ccncc2o1)N(C)CC. The number of pyridine rings is 1. The van der Waals surface area contributed by atoms with Gasteiger partial charge in [-0.1, -0.05) is 12.2 Å². The number of carbonyl (C=O) groups excluding carboxylic acids is 1. The second-order valence-electron chi connectivity index (χ2n) is 9.20. The van der Waals surface area contributed by atoms with Gasteiger partial charge in [0.05, 0.1) is 12.7 Å². The van der Waals surface area contributed by atoms with Crippen molar-refractivity contribution in [2.24, 2.45) is 11.3 Å². The maximum absolute atomic E-state index is 13.1. The number of nitrogens with zero attached hydrogens (tertiary/aromatic N) is 3. The standard InChI is InChI=1S/C25H34N4O2/c1-5-28(4)22(12-18(2)3)24(30)29-10-7-25(8-11-29)14-20(25)15-27-16-21-13-19-6-9-26-17-23(19)31-21/h6,9,12-13,17,20,27H,2,5,7-8,10-11,14-16H2,1,3-4H3/b22-12-. The van der Waals surface area contributed by atoms with Crippen molar-refractivity contribution in [1.82, 2.24) is 20.1 Å². The minimum Gasteiger partial charge on any atom is -0.458 e. The summed E-state index contributed by atoms with van der Waals surface area (Å²) in [7, 11) is 1.97. The number of fused-ring (bicyclic) bond motifs is 1. The molecule has 6 heteroatoms. The molecule has 0 bridgehead atoms. The van der Waals surface area contributed by atoms with Crippen LogP contribution in [0.3, 0.4) is 0 Å². The van der Waals surface area contributed by atoms with Gasteiger partial charge in [-0.2, -0.15) is 0 Å². The largest absolute Gasteiger partial charge is 0.458 e. The molecule has 1 aliphatic heterocycles. The van der Waals surface area contributed by atoms with Gasteiger partial charge in [0, 0.05) is 38.3 Å². The molecule has 1 amide bonds. The minimum absolute atomic E-state index is 0.136. The first kappa shape index (κ1) is 21.6. The van der Waals surface area contributed by atoms with E-state index in [0.717, 1.165) is 73.6 Å². The molecule has 1 saturated heterocycles. The van der Waals surface area contributed by atoms with Gasteiger partial charge in [-0.3, -0.25) is 9.78 Å². The molecule has 1 N–H and O–H groups in total. The summed E-state index contributed by atoms with van der Waals surface area (Å²) in [5.41, 5.74) is 2.91. The molecule has 2 aromatic rings. The van der Waals surface area contributed by atoms with Crippen LogP contribution in [-0.4, -0.2) is 53.9 Å². The molecule has 0 radical (unpaired) electrons. The molecule has 6 nitrogen and oxygen atoms in total. The number of carbonyl (C=O) groups is 1. The fourth-order valence-corrected chi connectivity index (χ4v) is 4.79. The summed E-state index contributed by atoms with van der Waals surface area (Å²) in [6.45, 7) is 12.2. The number of hydrogen-bond acceptors (Lipinski definition) is 5. The van der Waals surface area contributed by atoms with Gasteiger partial charge in [0.15, 0.2) is 5.58 Å². The van der Waals surface area contributed by atoms with Gasteiger partial charge in [-0.15, -0.1) is 0 Å². The zero-order chi connectivity index (χ0) is 22.0. The number of hydrogen-bond donors (Lipinski definition) is 1. The van der Waals surface area contributed by atoms with Gasteiger partial charge in [-0.05, 0) is 69.2 Å². The van der Waals surface area contributed by atoms with Crippen molar-refractivity contribution in [2.45, 2.75) is 39.7 Å². The first-order valence-electron chi connectivity index (χ1n) is 11.3. The Kier molecular flexibility index (Phi) is 6.19. The van der Waals surface area contributed by atoms with E-state index in [4.69, 9.17) is 4.42 Å². The molecular formula is C25H34N4O2. The van der Waals surface area contributed by atoms with Crippen LogP contribution in [0.2, 0.25) is 0 Å². The van der Waals surface area contributed by atoms with Crippen LogP contribution < -0.4 is 5.32 Å². The summed E-state index contributed by atoms with van der Waals surface area (Å²) in [6, 6.07) is 4.06. The Morgan fingerprint density at radius 3 is 2.90 bits per heavy atom. The van der Waals surface area contributed by atoms with Gasteiger partial charge >= 0.3 is 0 Å². The van der Waals surface area contributed by atoms with Gasteiger partial charge in [-0.25, -0.2) is 0 Å². The van der Waals surface area contributed by atoms with Crippen molar-refractivity contribution in [3.8, 4) is 0 Å². The van der Waals surface area contributed by atoms with E-state index < -0.39 is 0 Å². The Hall–Kier alpha value is -2.60. The van der Waals surface area contributed by atoms with Crippen molar-refractivity contribution >= 4 is 16.9 Å². The molecule has 1 saturated carbocycles. The Labute approximate surface area is 185 Å². The molecule has 2 fully saturated rings. The zero-order valence-electron chi connectivity index (χ0n) is 19.0. The molecule has 2 aromatic heterocycles. The van der Waals surface area contributed by atoms with E-state index in [-0.39, 0.29) is 5.91 Å². The van der Waals surface area contributed by atoms with E-state index in [0.29, 0.717) is 11.3 Å². The van der Waals surface area contributed by atoms with Gasteiger partial charge in [0.2, 0.25) is 0 Å². The van der Waals surface area contributed by atoms with Crippen molar-refractivity contribution in [2.75, 3.05) is 33.2 Å². The summed E-state index contributed by atoms with van der Waals surface area (Å²) in [6.07, 6.45) is 8.91. The van der Waals surface area contributed by atoms with E-state index in [1.54, 1.807) is 12.4 Å². The predicted molar refractivity (Wildman–Crippen MR) is 123 cm³/mol. The van der Waals surface area contributed by atoms with E-state index >= 15 is 0 Å². The summed E-state index contributed by atoms with van der Waals surface area (Å²) in [5, 5.41) is 4.67. The van der Waals surface area contributed by atoms with Crippen LogP contribution in [0.4, 0.5) is 0 Å². The molecule has 31 heavy (non-hydrogen) atoms. The van der Waals surface area contributed by atoms with Crippen LogP contribution in [0.15, 0.2) is 52.9 Å². The van der Waals surface area contributed by atoms with Crippen LogP contribution in [0.25, 0.3) is 11.0 Å². The van der Waals surface area contributed by atoms with Crippen LogP contribution in [0, 0.1) is 11.3 Å². The van der Waals surface area contributed by atoms with Crippen LogP contribution >= 0.6 is 0 Å².